The van der Waals surface area contributed by atoms with Crippen LogP contribution in [-0.2, 0) is 16.1 Å². The molecule has 0 spiro atoms. The van der Waals surface area contributed by atoms with E-state index in [-0.39, 0.29) is 24.5 Å². The molecule has 5 nitrogen and oxygen atoms in total. The molecule has 0 bridgehead atoms. The van der Waals surface area contributed by atoms with Gasteiger partial charge in [0.2, 0.25) is 5.91 Å². The lowest BCUT2D eigenvalue weighted by Gasteiger charge is -2.33. The second-order valence-corrected chi connectivity index (χ2v) is 8.82. The molecule has 32 heavy (non-hydrogen) atoms. The fourth-order valence-electron chi connectivity index (χ4n) is 4.30. The van der Waals surface area contributed by atoms with Gasteiger partial charge in [0, 0.05) is 12.6 Å². The summed E-state index contributed by atoms with van der Waals surface area (Å²) >= 11 is 0. The van der Waals surface area contributed by atoms with Crippen molar-refractivity contribution in [1.82, 2.24) is 10.2 Å². The Morgan fingerprint density at radius 3 is 2.38 bits per heavy atom. The van der Waals surface area contributed by atoms with E-state index >= 15 is 0 Å². The lowest BCUT2D eigenvalue weighted by Crippen LogP contribution is -2.52. The molecule has 2 aromatic carbocycles. The number of rotatable bonds is 9. The third kappa shape index (κ3) is 6.59. The van der Waals surface area contributed by atoms with Crippen LogP contribution in [0.4, 0.5) is 0 Å². The number of ether oxygens (including phenoxy) is 1. The molecular formula is C27H36N2O3. The Morgan fingerprint density at radius 1 is 1.03 bits per heavy atom. The number of benzene rings is 2. The number of hydrogen-bond donors (Lipinski definition) is 1. The highest BCUT2D eigenvalue weighted by Gasteiger charge is 2.30. The molecule has 0 aromatic heterocycles. The Morgan fingerprint density at radius 2 is 1.72 bits per heavy atom. The Balaban J connectivity index is 1.75. The van der Waals surface area contributed by atoms with Gasteiger partial charge in [-0.25, -0.2) is 0 Å². The van der Waals surface area contributed by atoms with Gasteiger partial charge in [0.1, 0.15) is 11.8 Å². The first-order chi connectivity index (χ1) is 15.5. The molecule has 3 rings (SSSR count). The van der Waals surface area contributed by atoms with Crippen LogP contribution in [0.5, 0.6) is 5.75 Å². The number of carbonyl (C=O) groups excluding carboxylic acids is 2. The molecule has 172 valence electrons. The molecular weight excluding hydrogens is 400 g/mol. The lowest BCUT2D eigenvalue weighted by molar-refractivity contribution is -0.143. The predicted molar refractivity (Wildman–Crippen MR) is 127 cm³/mol. The standard InChI is InChI=1S/C27H36N2O3/c1-4-25(27(31)28-23-12-6-5-7-13-23)29(18-22-11-9-8-10-21(22)3)26(30)19-32-24-16-14-20(2)15-17-24/h8-11,14-17,23,25H,4-7,12-13,18-19H2,1-3H3,(H,28,31). The van der Waals surface area contributed by atoms with Gasteiger partial charge in [0.25, 0.3) is 5.91 Å². The summed E-state index contributed by atoms with van der Waals surface area (Å²) in [7, 11) is 0. The maximum atomic E-state index is 13.3. The lowest BCUT2D eigenvalue weighted by atomic mass is 9.95. The number of nitrogens with one attached hydrogen (secondary N) is 1. The molecule has 5 heteroatoms. The fraction of sp³-hybridized carbons (Fsp3) is 0.481. The van der Waals surface area contributed by atoms with Gasteiger partial charge in [0.05, 0.1) is 0 Å². The van der Waals surface area contributed by atoms with Gasteiger partial charge in [-0.05, 0) is 56.4 Å². The Hall–Kier alpha value is -2.82. The van der Waals surface area contributed by atoms with Gasteiger partial charge < -0.3 is 15.0 Å². The molecule has 1 unspecified atom stereocenters. The van der Waals surface area contributed by atoms with E-state index in [1.54, 1.807) is 4.90 Å². The van der Waals surface area contributed by atoms with Gasteiger partial charge in [-0.2, -0.15) is 0 Å². The first kappa shape index (κ1) is 23.8. The molecule has 1 atom stereocenters. The van der Waals surface area contributed by atoms with E-state index in [4.69, 9.17) is 4.74 Å². The van der Waals surface area contributed by atoms with Crippen LogP contribution in [0.2, 0.25) is 0 Å². The van der Waals surface area contributed by atoms with Crippen molar-refractivity contribution < 1.29 is 14.3 Å². The van der Waals surface area contributed by atoms with Crippen molar-refractivity contribution in [3.8, 4) is 5.75 Å². The van der Waals surface area contributed by atoms with Crippen LogP contribution in [0.25, 0.3) is 0 Å². The van der Waals surface area contributed by atoms with E-state index < -0.39 is 6.04 Å². The van der Waals surface area contributed by atoms with Crippen LogP contribution >= 0.6 is 0 Å². The van der Waals surface area contributed by atoms with E-state index in [0.717, 1.165) is 42.4 Å². The Kier molecular flexibility index (Phi) is 8.72. The number of carbonyl (C=O) groups is 2. The monoisotopic (exact) mass is 436 g/mol. The zero-order valence-corrected chi connectivity index (χ0v) is 19.6. The minimum atomic E-state index is -0.523. The largest absolute Gasteiger partial charge is 0.484 e. The molecule has 1 aliphatic carbocycles. The minimum Gasteiger partial charge on any atom is -0.484 e. The summed E-state index contributed by atoms with van der Waals surface area (Å²) in [4.78, 5) is 28.2. The van der Waals surface area contributed by atoms with Crippen molar-refractivity contribution in [2.75, 3.05) is 6.61 Å². The molecule has 1 N–H and O–H groups in total. The first-order valence-corrected chi connectivity index (χ1v) is 11.8. The third-order valence-electron chi connectivity index (χ3n) is 6.32. The predicted octanol–water partition coefficient (Wildman–Crippen LogP) is 4.94. The average Bonchev–Trinajstić information content (AvgIpc) is 2.80. The summed E-state index contributed by atoms with van der Waals surface area (Å²) < 4.78 is 5.77. The summed E-state index contributed by atoms with van der Waals surface area (Å²) in [5.41, 5.74) is 3.28. The number of aryl methyl sites for hydroxylation is 2. The third-order valence-corrected chi connectivity index (χ3v) is 6.32. The molecule has 1 saturated carbocycles. The van der Waals surface area contributed by atoms with Crippen LogP contribution in [0.3, 0.4) is 0 Å². The molecule has 0 heterocycles. The van der Waals surface area contributed by atoms with Gasteiger partial charge in [-0.1, -0.05) is 68.1 Å². The summed E-state index contributed by atoms with van der Waals surface area (Å²) in [6.45, 7) is 6.30. The summed E-state index contributed by atoms with van der Waals surface area (Å²) in [5, 5.41) is 3.21. The molecule has 0 radical (unpaired) electrons. The van der Waals surface area contributed by atoms with E-state index in [9.17, 15) is 9.59 Å². The highest BCUT2D eigenvalue weighted by Crippen LogP contribution is 2.20. The van der Waals surface area contributed by atoms with Crippen molar-refractivity contribution in [3.05, 3.63) is 65.2 Å². The van der Waals surface area contributed by atoms with Crippen LogP contribution in [0, 0.1) is 13.8 Å². The second-order valence-electron chi connectivity index (χ2n) is 8.82. The molecule has 0 saturated heterocycles. The van der Waals surface area contributed by atoms with E-state index in [1.165, 1.54) is 6.42 Å². The van der Waals surface area contributed by atoms with Gasteiger partial charge in [-0.15, -0.1) is 0 Å². The quantitative estimate of drug-likeness (QED) is 0.606. The topological polar surface area (TPSA) is 58.6 Å². The molecule has 2 aromatic rings. The number of nitrogens with zero attached hydrogens (tertiary/aromatic N) is 1. The normalized spacial score (nSPS) is 15.1. The summed E-state index contributed by atoms with van der Waals surface area (Å²) in [5.74, 6) is 0.413. The van der Waals surface area contributed by atoms with Crippen molar-refractivity contribution >= 4 is 11.8 Å². The van der Waals surface area contributed by atoms with Gasteiger partial charge in [-0.3, -0.25) is 9.59 Å². The maximum absolute atomic E-state index is 13.3. The maximum Gasteiger partial charge on any atom is 0.261 e. The first-order valence-electron chi connectivity index (χ1n) is 11.8. The molecule has 1 fully saturated rings. The van der Waals surface area contributed by atoms with Crippen LogP contribution < -0.4 is 10.1 Å². The zero-order valence-electron chi connectivity index (χ0n) is 19.6. The van der Waals surface area contributed by atoms with Crippen molar-refractivity contribution in [1.29, 1.82) is 0 Å². The van der Waals surface area contributed by atoms with Crippen LogP contribution in [0.1, 0.15) is 62.1 Å². The van der Waals surface area contributed by atoms with Crippen molar-refractivity contribution in [2.24, 2.45) is 0 Å². The second kappa shape index (κ2) is 11.7. The summed E-state index contributed by atoms with van der Waals surface area (Å²) in [6.07, 6.45) is 6.13. The van der Waals surface area contributed by atoms with E-state index in [0.29, 0.717) is 18.7 Å². The fourth-order valence-corrected chi connectivity index (χ4v) is 4.30. The SMILES string of the molecule is CCC(C(=O)NC1CCCCC1)N(Cc1ccccc1C)C(=O)COc1ccc(C)cc1. The zero-order chi connectivity index (χ0) is 22.9. The van der Waals surface area contributed by atoms with Crippen molar-refractivity contribution in [2.45, 2.75) is 77.9 Å². The molecule has 0 aliphatic heterocycles. The van der Waals surface area contributed by atoms with E-state index in [2.05, 4.69) is 5.32 Å². The van der Waals surface area contributed by atoms with E-state index in [1.807, 2.05) is 69.3 Å². The van der Waals surface area contributed by atoms with Gasteiger partial charge in [0.15, 0.2) is 6.61 Å². The highest BCUT2D eigenvalue weighted by molar-refractivity contribution is 5.88. The molecule has 2 amide bonds. The average molecular weight is 437 g/mol. The van der Waals surface area contributed by atoms with Crippen LogP contribution in [0.15, 0.2) is 48.5 Å². The smallest absolute Gasteiger partial charge is 0.261 e. The van der Waals surface area contributed by atoms with Crippen LogP contribution in [-0.4, -0.2) is 35.4 Å². The van der Waals surface area contributed by atoms with Gasteiger partial charge >= 0.3 is 0 Å². The number of hydrogen-bond acceptors (Lipinski definition) is 3. The number of amides is 2. The highest BCUT2D eigenvalue weighted by atomic mass is 16.5. The molecule has 1 aliphatic rings. The Bertz CT molecular complexity index is 888. The Labute approximate surface area is 192 Å². The van der Waals surface area contributed by atoms with Crippen molar-refractivity contribution in [3.63, 3.8) is 0 Å². The summed E-state index contributed by atoms with van der Waals surface area (Å²) in [6, 6.07) is 15.3. The minimum absolute atomic E-state index is 0.0586.